The van der Waals surface area contributed by atoms with Crippen molar-refractivity contribution in [1.29, 1.82) is 0 Å². The maximum absolute atomic E-state index is 11.0. The Hall–Kier alpha value is -2.63. The Kier molecular flexibility index (Phi) is 4.18. The second-order valence-electron chi connectivity index (χ2n) is 5.36. The van der Waals surface area contributed by atoms with E-state index in [1.165, 1.54) is 0 Å². The number of carboxylic acids is 1. The molecule has 1 fully saturated rings. The summed E-state index contributed by atoms with van der Waals surface area (Å²) in [6.07, 6.45) is 7.12. The number of piperidine rings is 1. The van der Waals surface area contributed by atoms with Crippen molar-refractivity contribution in [2.24, 2.45) is 0 Å². The van der Waals surface area contributed by atoms with Crippen LogP contribution in [0.15, 0.2) is 42.9 Å². The highest BCUT2D eigenvalue weighted by Gasteiger charge is 2.20. The molecule has 3 rings (SSSR count). The van der Waals surface area contributed by atoms with E-state index in [4.69, 9.17) is 5.11 Å². The molecule has 2 aromatic rings. The van der Waals surface area contributed by atoms with Crippen molar-refractivity contribution in [2.75, 3.05) is 23.3 Å². The summed E-state index contributed by atoms with van der Waals surface area (Å²) in [5.74, 6) is 0.00921. The Balaban J connectivity index is 1.58. The molecule has 0 unspecified atom stereocenters. The minimum absolute atomic E-state index is 0.307. The summed E-state index contributed by atoms with van der Waals surface area (Å²) in [5, 5.41) is 12.5. The lowest BCUT2D eigenvalue weighted by atomic mass is 10.0. The van der Waals surface area contributed by atoms with Gasteiger partial charge in [-0.2, -0.15) is 0 Å². The number of anilines is 2. The van der Waals surface area contributed by atoms with E-state index in [-0.39, 0.29) is 0 Å². The van der Waals surface area contributed by atoms with E-state index < -0.39 is 5.97 Å². The number of aromatic carboxylic acids is 1. The molecule has 1 aromatic heterocycles. The summed E-state index contributed by atoms with van der Waals surface area (Å²) in [6.45, 7) is 1.82. The molecule has 114 valence electrons. The van der Waals surface area contributed by atoms with E-state index in [0.29, 0.717) is 11.6 Å². The fourth-order valence-electron chi connectivity index (χ4n) is 2.69. The molecule has 1 aromatic carbocycles. The van der Waals surface area contributed by atoms with Crippen LogP contribution in [0, 0.1) is 0 Å². The average Bonchev–Trinajstić information content (AvgIpc) is 2.56. The normalized spacial score (nSPS) is 15.5. The van der Waals surface area contributed by atoms with Gasteiger partial charge in [-0.15, -0.1) is 0 Å². The van der Waals surface area contributed by atoms with Gasteiger partial charge in [0, 0.05) is 37.2 Å². The highest BCUT2D eigenvalue weighted by atomic mass is 16.4. The van der Waals surface area contributed by atoms with Gasteiger partial charge in [0.2, 0.25) is 0 Å². The van der Waals surface area contributed by atoms with Gasteiger partial charge in [-0.25, -0.2) is 9.78 Å². The van der Waals surface area contributed by atoms with Crippen molar-refractivity contribution >= 4 is 17.5 Å². The predicted octanol–water partition coefficient (Wildman–Crippen LogP) is 2.26. The van der Waals surface area contributed by atoms with Crippen LogP contribution in [0.5, 0.6) is 0 Å². The summed E-state index contributed by atoms with van der Waals surface area (Å²) >= 11 is 0. The Morgan fingerprint density at radius 3 is 2.77 bits per heavy atom. The summed E-state index contributed by atoms with van der Waals surface area (Å²) in [7, 11) is 0. The van der Waals surface area contributed by atoms with Crippen molar-refractivity contribution in [3.63, 3.8) is 0 Å². The Labute approximate surface area is 128 Å². The topological polar surface area (TPSA) is 78.4 Å². The first-order valence-electron chi connectivity index (χ1n) is 7.33. The zero-order valence-electron chi connectivity index (χ0n) is 12.1. The third-order valence-corrected chi connectivity index (χ3v) is 3.85. The van der Waals surface area contributed by atoms with Gasteiger partial charge in [-0.3, -0.25) is 4.98 Å². The van der Waals surface area contributed by atoms with Crippen LogP contribution in [0.25, 0.3) is 0 Å². The van der Waals surface area contributed by atoms with Gasteiger partial charge in [0.1, 0.15) is 5.82 Å². The molecule has 6 nitrogen and oxygen atoms in total. The van der Waals surface area contributed by atoms with Gasteiger partial charge in [-0.1, -0.05) is 6.07 Å². The standard InChI is InChI=1S/C16H18N4O2/c21-16(22)12-2-1-3-14(10-12)19-13-4-8-20(9-5-13)15-11-17-6-7-18-15/h1-3,6-7,10-11,13,19H,4-5,8-9H2,(H,21,22). The molecule has 0 bridgehead atoms. The molecule has 1 saturated heterocycles. The van der Waals surface area contributed by atoms with E-state index >= 15 is 0 Å². The number of nitrogens with one attached hydrogen (secondary N) is 1. The molecular weight excluding hydrogens is 280 g/mol. The molecule has 1 aliphatic rings. The highest BCUT2D eigenvalue weighted by Crippen LogP contribution is 2.20. The van der Waals surface area contributed by atoms with Crippen molar-refractivity contribution in [2.45, 2.75) is 18.9 Å². The van der Waals surface area contributed by atoms with Crippen LogP contribution in [0.4, 0.5) is 11.5 Å². The van der Waals surface area contributed by atoms with Crippen LogP contribution in [0.1, 0.15) is 23.2 Å². The van der Waals surface area contributed by atoms with Crippen LogP contribution >= 0.6 is 0 Å². The van der Waals surface area contributed by atoms with E-state index in [1.54, 1.807) is 36.8 Å². The van der Waals surface area contributed by atoms with E-state index in [0.717, 1.165) is 37.4 Å². The molecule has 6 heteroatoms. The maximum Gasteiger partial charge on any atom is 0.335 e. The van der Waals surface area contributed by atoms with E-state index in [1.807, 2.05) is 6.07 Å². The fraction of sp³-hybridized carbons (Fsp3) is 0.312. The average molecular weight is 298 g/mol. The van der Waals surface area contributed by atoms with Crippen molar-refractivity contribution in [1.82, 2.24) is 9.97 Å². The zero-order chi connectivity index (χ0) is 15.4. The van der Waals surface area contributed by atoms with Crippen molar-refractivity contribution in [3.05, 3.63) is 48.4 Å². The van der Waals surface area contributed by atoms with Crippen LogP contribution in [0.2, 0.25) is 0 Å². The summed E-state index contributed by atoms with van der Waals surface area (Å²) in [5.41, 5.74) is 1.17. The minimum Gasteiger partial charge on any atom is -0.478 e. The van der Waals surface area contributed by atoms with Gasteiger partial charge in [0.25, 0.3) is 0 Å². The quantitative estimate of drug-likeness (QED) is 0.901. The summed E-state index contributed by atoms with van der Waals surface area (Å²) in [6, 6.07) is 7.29. The third-order valence-electron chi connectivity index (χ3n) is 3.85. The fourth-order valence-corrected chi connectivity index (χ4v) is 2.69. The lowest BCUT2D eigenvalue weighted by Gasteiger charge is -2.33. The smallest absolute Gasteiger partial charge is 0.335 e. The van der Waals surface area contributed by atoms with Crippen molar-refractivity contribution in [3.8, 4) is 0 Å². The Morgan fingerprint density at radius 1 is 1.27 bits per heavy atom. The number of benzene rings is 1. The van der Waals surface area contributed by atoms with Gasteiger partial charge >= 0.3 is 5.97 Å². The number of nitrogens with zero attached hydrogens (tertiary/aromatic N) is 3. The Bertz CT molecular complexity index is 640. The van der Waals surface area contributed by atoms with E-state index in [2.05, 4.69) is 20.2 Å². The van der Waals surface area contributed by atoms with Crippen LogP contribution in [0.3, 0.4) is 0 Å². The molecule has 0 spiro atoms. The molecule has 0 saturated carbocycles. The number of hydrogen-bond acceptors (Lipinski definition) is 5. The van der Waals surface area contributed by atoms with Crippen molar-refractivity contribution < 1.29 is 9.90 Å². The first kappa shape index (κ1) is 14.3. The van der Waals surface area contributed by atoms with Gasteiger partial charge in [0.15, 0.2) is 0 Å². The van der Waals surface area contributed by atoms with Gasteiger partial charge in [-0.05, 0) is 31.0 Å². The minimum atomic E-state index is -0.902. The monoisotopic (exact) mass is 298 g/mol. The van der Waals surface area contributed by atoms with Crippen LogP contribution in [-0.2, 0) is 0 Å². The van der Waals surface area contributed by atoms with Crippen LogP contribution in [-0.4, -0.2) is 40.2 Å². The highest BCUT2D eigenvalue weighted by molar-refractivity contribution is 5.88. The summed E-state index contributed by atoms with van der Waals surface area (Å²) < 4.78 is 0. The summed E-state index contributed by atoms with van der Waals surface area (Å²) in [4.78, 5) is 21.6. The lowest BCUT2D eigenvalue weighted by Crippen LogP contribution is -2.39. The molecule has 1 aliphatic heterocycles. The number of carboxylic acid groups (broad SMARTS) is 1. The van der Waals surface area contributed by atoms with E-state index in [9.17, 15) is 4.79 Å². The Morgan fingerprint density at radius 2 is 2.09 bits per heavy atom. The number of rotatable bonds is 4. The second-order valence-corrected chi connectivity index (χ2v) is 5.36. The molecule has 0 aliphatic carbocycles. The van der Waals surface area contributed by atoms with Gasteiger partial charge < -0.3 is 15.3 Å². The van der Waals surface area contributed by atoms with Gasteiger partial charge in [0.05, 0.1) is 11.8 Å². The first-order valence-corrected chi connectivity index (χ1v) is 7.33. The largest absolute Gasteiger partial charge is 0.478 e. The van der Waals surface area contributed by atoms with Crippen LogP contribution < -0.4 is 10.2 Å². The number of aromatic nitrogens is 2. The lowest BCUT2D eigenvalue weighted by molar-refractivity contribution is 0.0697. The molecule has 2 N–H and O–H groups in total. The molecule has 0 radical (unpaired) electrons. The predicted molar refractivity (Wildman–Crippen MR) is 84.3 cm³/mol. The zero-order valence-corrected chi connectivity index (χ0v) is 12.1. The maximum atomic E-state index is 11.0. The third kappa shape index (κ3) is 3.33. The SMILES string of the molecule is O=C(O)c1cccc(NC2CCN(c3cnccn3)CC2)c1. The number of hydrogen-bond donors (Lipinski definition) is 2. The molecular formula is C16H18N4O2. The first-order chi connectivity index (χ1) is 10.7. The molecule has 0 atom stereocenters. The second kappa shape index (κ2) is 6.43. The molecule has 0 amide bonds. The number of carbonyl (C=O) groups is 1. The molecule has 2 heterocycles. The molecule has 22 heavy (non-hydrogen) atoms.